The minimum absolute atomic E-state index is 0.150. The molecule has 0 heterocycles. The van der Waals surface area contributed by atoms with E-state index in [0.717, 1.165) is 12.0 Å². The fourth-order valence-electron chi connectivity index (χ4n) is 2.98. The number of benzene rings is 1. The molecule has 1 aliphatic rings. The van der Waals surface area contributed by atoms with Crippen molar-refractivity contribution in [3.05, 3.63) is 35.4 Å². The Hall–Kier alpha value is -1.92. The summed E-state index contributed by atoms with van der Waals surface area (Å²) in [6, 6.07) is 7.52. The molecule has 1 aromatic rings. The Labute approximate surface area is 149 Å². The Morgan fingerprint density at radius 2 is 1.80 bits per heavy atom. The quantitative estimate of drug-likeness (QED) is 0.666. The molecule has 1 aromatic carbocycles. The van der Waals surface area contributed by atoms with Gasteiger partial charge in [0.2, 0.25) is 5.91 Å². The Balaban J connectivity index is 2.07. The second-order valence-electron chi connectivity index (χ2n) is 6.86. The number of aliphatic hydroxyl groups is 1. The highest BCUT2D eigenvalue weighted by molar-refractivity contribution is 5.86. The number of carbonyl (C=O) groups is 2. The summed E-state index contributed by atoms with van der Waals surface area (Å²) in [6.07, 6.45) is 2.40. The standard InChI is InChI=1S/C19H28N2O4/c1-13(2)14-5-7-15(8-6-14)16(21-17(23)12-22)11-20-18(24)19(25-3)9-4-10-19/h5-8,13,16,22H,4,9-12H2,1-3H3,(H,20,24)(H,21,23). The topological polar surface area (TPSA) is 87.7 Å². The maximum absolute atomic E-state index is 12.4. The summed E-state index contributed by atoms with van der Waals surface area (Å²) in [7, 11) is 1.55. The van der Waals surface area contributed by atoms with Gasteiger partial charge in [-0.25, -0.2) is 0 Å². The van der Waals surface area contributed by atoms with Crippen molar-refractivity contribution in [2.75, 3.05) is 20.3 Å². The van der Waals surface area contributed by atoms with Crippen LogP contribution in [0.15, 0.2) is 24.3 Å². The van der Waals surface area contributed by atoms with Gasteiger partial charge in [-0.1, -0.05) is 38.1 Å². The zero-order valence-corrected chi connectivity index (χ0v) is 15.2. The van der Waals surface area contributed by atoms with Crippen molar-refractivity contribution >= 4 is 11.8 Å². The molecule has 2 amide bonds. The van der Waals surface area contributed by atoms with Crippen LogP contribution in [0.25, 0.3) is 0 Å². The highest BCUT2D eigenvalue weighted by atomic mass is 16.5. The van der Waals surface area contributed by atoms with Gasteiger partial charge >= 0.3 is 0 Å². The lowest BCUT2D eigenvalue weighted by Crippen LogP contribution is -2.54. The highest BCUT2D eigenvalue weighted by Crippen LogP contribution is 2.35. The normalized spacial score (nSPS) is 16.8. The average Bonchev–Trinajstić information content (AvgIpc) is 2.57. The molecule has 1 saturated carbocycles. The lowest BCUT2D eigenvalue weighted by molar-refractivity contribution is -0.154. The molecule has 3 N–H and O–H groups in total. The molecule has 0 aliphatic heterocycles. The molecule has 6 heteroatoms. The summed E-state index contributed by atoms with van der Waals surface area (Å²) in [5, 5.41) is 14.6. The van der Waals surface area contributed by atoms with E-state index in [4.69, 9.17) is 9.84 Å². The molecule has 2 rings (SSSR count). The van der Waals surface area contributed by atoms with Crippen LogP contribution in [0.4, 0.5) is 0 Å². The summed E-state index contributed by atoms with van der Waals surface area (Å²) in [5.74, 6) is -0.208. The van der Waals surface area contributed by atoms with E-state index < -0.39 is 24.2 Å². The van der Waals surface area contributed by atoms with E-state index in [-0.39, 0.29) is 12.5 Å². The van der Waals surface area contributed by atoms with Crippen molar-refractivity contribution < 1.29 is 19.4 Å². The molecule has 0 bridgehead atoms. The van der Waals surface area contributed by atoms with Crippen LogP contribution in [0.2, 0.25) is 0 Å². The molecular formula is C19H28N2O4. The maximum atomic E-state index is 12.4. The molecule has 0 aromatic heterocycles. The molecule has 1 atom stereocenters. The number of rotatable bonds is 8. The monoisotopic (exact) mass is 348 g/mol. The summed E-state index contributed by atoms with van der Waals surface area (Å²) >= 11 is 0. The van der Waals surface area contributed by atoms with Gasteiger partial charge < -0.3 is 20.5 Å². The van der Waals surface area contributed by atoms with E-state index in [1.54, 1.807) is 7.11 Å². The Bertz CT molecular complexity index is 588. The third-order valence-corrected chi connectivity index (χ3v) is 4.92. The number of methoxy groups -OCH3 is 1. The van der Waals surface area contributed by atoms with Crippen molar-refractivity contribution in [1.29, 1.82) is 0 Å². The Kier molecular flexibility index (Phi) is 6.56. The number of hydrogen-bond acceptors (Lipinski definition) is 4. The van der Waals surface area contributed by atoms with Gasteiger partial charge in [0, 0.05) is 13.7 Å². The van der Waals surface area contributed by atoms with Gasteiger partial charge in [0.1, 0.15) is 12.2 Å². The predicted octanol–water partition coefficient (Wildman–Crippen LogP) is 1.64. The van der Waals surface area contributed by atoms with Crippen molar-refractivity contribution in [2.24, 2.45) is 0 Å². The second-order valence-corrected chi connectivity index (χ2v) is 6.86. The first-order chi connectivity index (χ1) is 11.9. The lowest BCUT2D eigenvalue weighted by Gasteiger charge is -2.39. The van der Waals surface area contributed by atoms with Crippen molar-refractivity contribution in [1.82, 2.24) is 10.6 Å². The van der Waals surface area contributed by atoms with Crippen LogP contribution in [0.1, 0.15) is 56.2 Å². The number of nitrogens with one attached hydrogen (secondary N) is 2. The first-order valence-electron chi connectivity index (χ1n) is 8.75. The number of carbonyl (C=O) groups excluding carboxylic acids is 2. The largest absolute Gasteiger partial charge is 0.387 e. The first-order valence-corrected chi connectivity index (χ1v) is 8.75. The lowest BCUT2D eigenvalue weighted by atomic mass is 9.79. The number of hydrogen-bond donors (Lipinski definition) is 3. The van der Waals surface area contributed by atoms with Crippen LogP contribution < -0.4 is 10.6 Å². The molecule has 6 nitrogen and oxygen atoms in total. The van der Waals surface area contributed by atoms with E-state index in [2.05, 4.69) is 24.5 Å². The van der Waals surface area contributed by atoms with Crippen LogP contribution in [-0.2, 0) is 14.3 Å². The van der Waals surface area contributed by atoms with Gasteiger partial charge in [0.05, 0.1) is 6.04 Å². The average molecular weight is 348 g/mol. The fraction of sp³-hybridized carbons (Fsp3) is 0.579. The number of ether oxygens (including phenoxy) is 1. The number of aliphatic hydroxyl groups excluding tert-OH is 1. The molecule has 1 unspecified atom stereocenters. The minimum atomic E-state index is -0.729. The molecule has 0 radical (unpaired) electrons. The smallest absolute Gasteiger partial charge is 0.252 e. The maximum Gasteiger partial charge on any atom is 0.252 e. The van der Waals surface area contributed by atoms with Gasteiger partial charge in [-0.15, -0.1) is 0 Å². The van der Waals surface area contributed by atoms with Gasteiger partial charge in [-0.3, -0.25) is 9.59 Å². The predicted molar refractivity (Wildman–Crippen MR) is 95.1 cm³/mol. The summed E-state index contributed by atoms with van der Waals surface area (Å²) < 4.78 is 5.38. The SMILES string of the molecule is COC1(C(=O)NCC(NC(=O)CO)c2ccc(C(C)C)cc2)CCC1. The van der Waals surface area contributed by atoms with Gasteiger partial charge in [-0.2, -0.15) is 0 Å². The molecule has 138 valence electrons. The Morgan fingerprint density at radius 1 is 1.20 bits per heavy atom. The van der Waals surface area contributed by atoms with Crippen LogP contribution >= 0.6 is 0 Å². The Morgan fingerprint density at radius 3 is 2.24 bits per heavy atom. The fourth-order valence-corrected chi connectivity index (χ4v) is 2.98. The van der Waals surface area contributed by atoms with Crippen molar-refractivity contribution in [3.63, 3.8) is 0 Å². The number of amides is 2. The molecule has 0 spiro atoms. The summed E-state index contributed by atoms with van der Waals surface area (Å²) in [5.41, 5.74) is 1.35. The third-order valence-electron chi connectivity index (χ3n) is 4.92. The molecule has 1 fully saturated rings. The zero-order valence-electron chi connectivity index (χ0n) is 15.2. The first kappa shape index (κ1) is 19.4. The van der Waals surface area contributed by atoms with Gasteiger partial charge in [-0.05, 0) is 36.3 Å². The van der Waals surface area contributed by atoms with E-state index in [1.165, 1.54) is 5.56 Å². The van der Waals surface area contributed by atoms with E-state index in [1.807, 2.05) is 24.3 Å². The highest BCUT2D eigenvalue weighted by Gasteiger charge is 2.44. The van der Waals surface area contributed by atoms with Crippen LogP contribution in [0, 0.1) is 0 Å². The van der Waals surface area contributed by atoms with Gasteiger partial charge in [0.15, 0.2) is 0 Å². The van der Waals surface area contributed by atoms with Crippen LogP contribution in [-0.4, -0.2) is 42.8 Å². The van der Waals surface area contributed by atoms with Crippen molar-refractivity contribution in [2.45, 2.75) is 50.7 Å². The third kappa shape index (κ3) is 4.58. The minimum Gasteiger partial charge on any atom is -0.387 e. The molecule has 25 heavy (non-hydrogen) atoms. The zero-order chi connectivity index (χ0) is 18.4. The van der Waals surface area contributed by atoms with Gasteiger partial charge in [0.25, 0.3) is 5.91 Å². The van der Waals surface area contributed by atoms with E-state index in [9.17, 15) is 9.59 Å². The van der Waals surface area contributed by atoms with Crippen LogP contribution in [0.5, 0.6) is 0 Å². The summed E-state index contributed by atoms with van der Waals surface area (Å²) in [6.45, 7) is 3.89. The summed E-state index contributed by atoms with van der Waals surface area (Å²) in [4.78, 5) is 24.1. The van der Waals surface area contributed by atoms with E-state index in [0.29, 0.717) is 18.8 Å². The van der Waals surface area contributed by atoms with Crippen LogP contribution in [0.3, 0.4) is 0 Å². The molecular weight excluding hydrogens is 320 g/mol. The molecule has 0 saturated heterocycles. The second kappa shape index (κ2) is 8.45. The van der Waals surface area contributed by atoms with E-state index >= 15 is 0 Å². The van der Waals surface area contributed by atoms with Crippen molar-refractivity contribution in [3.8, 4) is 0 Å². The molecule has 1 aliphatic carbocycles.